The molecule has 0 radical (unpaired) electrons. The van der Waals surface area contributed by atoms with Crippen LogP contribution >= 0.6 is 22.7 Å². The molecule has 0 aliphatic carbocycles. The van der Waals surface area contributed by atoms with Crippen LogP contribution in [-0.2, 0) is 11.3 Å². The number of benzene rings is 1. The highest BCUT2D eigenvalue weighted by Crippen LogP contribution is 2.41. The van der Waals surface area contributed by atoms with E-state index in [4.69, 9.17) is 0 Å². The predicted molar refractivity (Wildman–Crippen MR) is 92.1 cm³/mol. The molecule has 8 heteroatoms. The van der Waals surface area contributed by atoms with E-state index >= 15 is 0 Å². The van der Waals surface area contributed by atoms with Crippen LogP contribution in [0.2, 0.25) is 0 Å². The lowest BCUT2D eigenvalue weighted by Crippen LogP contribution is -2.19. The minimum atomic E-state index is -2.62. The topological polar surface area (TPSA) is 80.7 Å². The fourth-order valence-corrected chi connectivity index (χ4v) is 4.60. The lowest BCUT2D eigenvalue weighted by atomic mass is 10.2. The van der Waals surface area contributed by atoms with E-state index in [1.807, 2.05) is 30.3 Å². The molecular formula is C15H10NO4S3-. The third-order valence-corrected chi connectivity index (χ3v) is 5.86. The van der Waals surface area contributed by atoms with Gasteiger partial charge in [0.05, 0.1) is 17.0 Å². The SMILES string of the molecule is O=C(O)c1sc(-c2ccccc2)cc1N(c1cccs1)S(=O)[O-]. The van der Waals surface area contributed by atoms with E-state index in [9.17, 15) is 18.7 Å². The number of rotatable bonds is 5. The number of nitrogens with zero attached hydrogens (tertiary/aromatic N) is 1. The molecule has 2 heterocycles. The molecule has 0 bridgehead atoms. The molecule has 2 aromatic heterocycles. The van der Waals surface area contributed by atoms with Gasteiger partial charge in [0, 0.05) is 4.88 Å². The summed E-state index contributed by atoms with van der Waals surface area (Å²) in [7, 11) is 0. The summed E-state index contributed by atoms with van der Waals surface area (Å²) in [6, 6.07) is 14.2. The predicted octanol–water partition coefficient (Wildman–Crippen LogP) is 4.11. The Morgan fingerprint density at radius 3 is 2.48 bits per heavy atom. The number of hydrogen-bond donors (Lipinski definition) is 1. The molecule has 0 spiro atoms. The Labute approximate surface area is 142 Å². The third-order valence-electron chi connectivity index (χ3n) is 3.04. The van der Waals surface area contributed by atoms with Crippen LogP contribution in [0, 0.1) is 0 Å². The first-order chi connectivity index (χ1) is 11.1. The smallest absolute Gasteiger partial charge is 0.348 e. The number of thiophene rings is 2. The van der Waals surface area contributed by atoms with Gasteiger partial charge in [0.15, 0.2) is 0 Å². The fraction of sp³-hybridized carbons (Fsp3) is 0. The highest BCUT2D eigenvalue weighted by molar-refractivity contribution is 7.81. The Morgan fingerprint density at radius 2 is 1.91 bits per heavy atom. The lowest BCUT2D eigenvalue weighted by Gasteiger charge is -2.24. The maximum absolute atomic E-state index is 11.7. The van der Waals surface area contributed by atoms with Gasteiger partial charge in [-0.05, 0) is 29.1 Å². The molecule has 0 saturated carbocycles. The van der Waals surface area contributed by atoms with Crippen molar-refractivity contribution in [1.29, 1.82) is 0 Å². The quantitative estimate of drug-likeness (QED) is 0.691. The van der Waals surface area contributed by atoms with Crippen molar-refractivity contribution in [3.8, 4) is 10.4 Å². The fourth-order valence-electron chi connectivity index (χ4n) is 2.09. The molecular weight excluding hydrogens is 354 g/mol. The second-order valence-corrected chi connectivity index (χ2v) is 7.24. The third kappa shape index (κ3) is 3.20. The van der Waals surface area contributed by atoms with Crippen molar-refractivity contribution < 1.29 is 18.7 Å². The molecule has 5 nitrogen and oxygen atoms in total. The molecule has 1 atom stereocenters. The minimum Gasteiger partial charge on any atom is -0.755 e. The van der Waals surface area contributed by atoms with Crippen molar-refractivity contribution in [1.82, 2.24) is 0 Å². The van der Waals surface area contributed by atoms with Crippen LogP contribution < -0.4 is 4.31 Å². The average Bonchev–Trinajstić information content (AvgIpc) is 3.18. The van der Waals surface area contributed by atoms with Gasteiger partial charge in [-0.3, -0.25) is 8.51 Å². The number of carbonyl (C=O) groups is 1. The molecule has 118 valence electrons. The molecule has 1 unspecified atom stereocenters. The second-order valence-electron chi connectivity index (χ2n) is 4.46. The van der Waals surface area contributed by atoms with E-state index in [-0.39, 0.29) is 10.6 Å². The summed E-state index contributed by atoms with van der Waals surface area (Å²) >= 11 is -0.338. The zero-order valence-electron chi connectivity index (χ0n) is 11.5. The summed E-state index contributed by atoms with van der Waals surface area (Å²) in [5, 5.41) is 11.6. The van der Waals surface area contributed by atoms with E-state index in [0.29, 0.717) is 9.88 Å². The van der Waals surface area contributed by atoms with Crippen LogP contribution in [0.25, 0.3) is 10.4 Å². The van der Waals surface area contributed by atoms with Gasteiger partial charge in [-0.1, -0.05) is 30.3 Å². The van der Waals surface area contributed by atoms with E-state index in [0.717, 1.165) is 21.2 Å². The molecule has 23 heavy (non-hydrogen) atoms. The van der Waals surface area contributed by atoms with Crippen molar-refractivity contribution in [2.45, 2.75) is 0 Å². The molecule has 0 saturated heterocycles. The highest BCUT2D eigenvalue weighted by Gasteiger charge is 2.23. The molecule has 0 amide bonds. The summed E-state index contributed by atoms with van der Waals surface area (Å²) in [5.41, 5.74) is 0.992. The second kappa shape index (κ2) is 6.63. The van der Waals surface area contributed by atoms with Crippen molar-refractivity contribution in [2.24, 2.45) is 0 Å². The minimum absolute atomic E-state index is 0.0125. The average molecular weight is 364 g/mol. The summed E-state index contributed by atoms with van der Waals surface area (Å²) in [4.78, 5) is 12.2. The van der Waals surface area contributed by atoms with E-state index in [1.54, 1.807) is 23.6 Å². The van der Waals surface area contributed by atoms with E-state index in [2.05, 4.69) is 0 Å². The number of carboxylic acid groups (broad SMARTS) is 1. The molecule has 3 aromatic rings. The first-order valence-electron chi connectivity index (χ1n) is 6.43. The molecule has 1 N–H and O–H groups in total. The van der Waals surface area contributed by atoms with E-state index in [1.165, 1.54) is 11.3 Å². The monoisotopic (exact) mass is 364 g/mol. The van der Waals surface area contributed by atoms with E-state index < -0.39 is 17.2 Å². The van der Waals surface area contributed by atoms with Crippen LogP contribution in [0.5, 0.6) is 0 Å². The van der Waals surface area contributed by atoms with Crippen LogP contribution in [0.3, 0.4) is 0 Å². The van der Waals surface area contributed by atoms with Crippen LogP contribution in [0.4, 0.5) is 10.7 Å². The maximum Gasteiger partial charge on any atom is 0.348 e. The lowest BCUT2D eigenvalue weighted by molar-refractivity contribution is 0.0703. The van der Waals surface area contributed by atoms with Gasteiger partial charge in [0.2, 0.25) is 0 Å². The molecule has 0 fully saturated rings. The van der Waals surface area contributed by atoms with Crippen LogP contribution in [-0.4, -0.2) is 19.8 Å². The largest absolute Gasteiger partial charge is 0.755 e. The maximum atomic E-state index is 11.7. The zero-order valence-corrected chi connectivity index (χ0v) is 14.0. The number of carboxylic acids is 1. The highest BCUT2D eigenvalue weighted by atomic mass is 32.2. The Bertz CT molecular complexity index is 843. The van der Waals surface area contributed by atoms with Crippen LogP contribution in [0.15, 0.2) is 53.9 Å². The van der Waals surface area contributed by atoms with Crippen molar-refractivity contribution >= 4 is 50.6 Å². The standard InChI is InChI=1S/C15H11NO4S3/c17-15(18)14-11(16(23(19)20)13-7-4-8-21-13)9-12(22-14)10-5-2-1-3-6-10/h1-9H,(H,17,18)(H,19,20)/p-1. The van der Waals surface area contributed by atoms with Crippen molar-refractivity contribution in [3.05, 3.63) is 58.8 Å². The summed E-state index contributed by atoms with van der Waals surface area (Å²) in [5.74, 6) is -1.15. The zero-order chi connectivity index (χ0) is 16.4. The molecule has 0 aliphatic rings. The van der Waals surface area contributed by atoms with Crippen molar-refractivity contribution in [3.63, 3.8) is 0 Å². The molecule has 1 aromatic carbocycles. The van der Waals surface area contributed by atoms with Gasteiger partial charge in [-0.25, -0.2) is 4.79 Å². The van der Waals surface area contributed by atoms with Gasteiger partial charge < -0.3 is 9.66 Å². The normalized spacial score (nSPS) is 12.0. The number of aromatic carboxylic acids is 1. The van der Waals surface area contributed by atoms with Gasteiger partial charge in [0.25, 0.3) is 0 Å². The summed E-state index contributed by atoms with van der Waals surface area (Å²) in [6.45, 7) is 0. The van der Waals surface area contributed by atoms with Gasteiger partial charge >= 0.3 is 5.97 Å². The van der Waals surface area contributed by atoms with Crippen LogP contribution in [0.1, 0.15) is 9.67 Å². The molecule has 3 rings (SSSR count). The molecule has 0 aliphatic heterocycles. The summed E-state index contributed by atoms with van der Waals surface area (Å²) in [6.07, 6.45) is 0. The Morgan fingerprint density at radius 1 is 1.17 bits per heavy atom. The Balaban J connectivity index is 2.16. The number of anilines is 2. The van der Waals surface area contributed by atoms with Gasteiger partial charge in [0.1, 0.15) is 9.88 Å². The summed E-state index contributed by atoms with van der Waals surface area (Å²) < 4.78 is 24.3. The van der Waals surface area contributed by atoms with Gasteiger partial charge in [-0.2, -0.15) is 0 Å². The first-order valence-corrected chi connectivity index (χ1v) is 9.16. The Hall–Kier alpha value is -2.00. The van der Waals surface area contributed by atoms with Gasteiger partial charge in [-0.15, -0.1) is 22.7 Å². The first kappa shape index (κ1) is 15.9. The number of hydrogen-bond acceptors (Lipinski definition) is 5. The Kier molecular flexibility index (Phi) is 4.58. The van der Waals surface area contributed by atoms with Crippen molar-refractivity contribution in [2.75, 3.05) is 4.31 Å².